The van der Waals surface area contributed by atoms with E-state index in [4.69, 9.17) is 11.5 Å². The standard InChI is InChI=1S/C12H19N5O/c1-2-9(7-10-5-3-4-6-15-10)8-16-12(18)17-11(13)14/h3-6,9H,2,7-8H2,1H3,(H5,13,14,16,17,18). The number of hydrogen-bond donors (Lipinski definition) is 3. The van der Waals surface area contributed by atoms with Crippen molar-refractivity contribution in [2.24, 2.45) is 22.4 Å². The Balaban J connectivity index is 2.43. The molecule has 0 bridgehead atoms. The monoisotopic (exact) mass is 249 g/mol. The first-order valence-electron chi connectivity index (χ1n) is 5.89. The van der Waals surface area contributed by atoms with Gasteiger partial charge in [0.2, 0.25) is 0 Å². The number of nitrogens with zero attached hydrogens (tertiary/aromatic N) is 2. The van der Waals surface area contributed by atoms with Crippen molar-refractivity contribution in [2.45, 2.75) is 19.8 Å². The maximum atomic E-state index is 11.3. The van der Waals surface area contributed by atoms with Crippen LogP contribution in [-0.2, 0) is 6.42 Å². The maximum absolute atomic E-state index is 11.3. The van der Waals surface area contributed by atoms with Crippen molar-refractivity contribution >= 4 is 12.0 Å². The molecule has 0 aromatic carbocycles. The van der Waals surface area contributed by atoms with Crippen LogP contribution < -0.4 is 16.8 Å². The van der Waals surface area contributed by atoms with E-state index in [0.29, 0.717) is 12.5 Å². The Morgan fingerprint density at radius 2 is 2.28 bits per heavy atom. The summed E-state index contributed by atoms with van der Waals surface area (Å²) >= 11 is 0. The average molecular weight is 249 g/mol. The Kier molecular flexibility index (Phi) is 5.63. The van der Waals surface area contributed by atoms with Crippen LogP contribution in [0.2, 0.25) is 0 Å². The van der Waals surface area contributed by atoms with E-state index >= 15 is 0 Å². The highest BCUT2D eigenvalue weighted by molar-refractivity contribution is 5.90. The number of nitrogens with two attached hydrogens (primary N) is 2. The fourth-order valence-corrected chi connectivity index (χ4v) is 1.56. The number of amides is 2. The third-order valence-electron chi connectivity index (χ3n) is 2.57. The highest BCUT2D eigenvalue weighted by Crippen LogP contribution is 2.09. The minimum absolute atomic E-state index is 0.231. The summed E-state index contributed by atoms with van der Waals surface area (Å²) in [5.41, 5.74) is 11.2. The summed E-state index contributed by atoms with van der Waals surface area (Å²) in [6.45, 7) is 2.60. The summed E-state index contributed by atoms with van der Waals surface area (Å²) in [6, 6.07) is 5.30. The molecule has 5 N–H and O–H groups in total. The van der Waals surface area contributed by atoms with Gasteiger partial charge in [-0.15, -0.1) is 0 Å². The number of carbonyl (C=O) groups excluding carboxylic acids is 1. The second kappa shape index (κ2) is 7.26. The summed E-state index contributed by atoms with van der Waals surface area (Å²) in [6.07, 6.45) is 3.53. The van der Waals surface area contributed by atoms with Crippen LogP contribution in [0.15, 0.2) is 29.4 Å². The summed E-state index contributed by atoms with van der Waals surface area (Å²) in [7, 11) is 0. The Morgan fingerprint density at radius 3 is 2.83 bits per heavy atom. The predicted molar refractivity (Wildman–Crippen MR) is 70.9 cm³/mol. The molecule has 1 atom stereocenters. The van der Waals surface area contributed by atoms with E-state index in [-0.39, 0.29) is 5.96 Å². The first kappa shape index (κ1) is 14.0. The molecule has 0 spiro atoms. The molecule has 0 saturated carbocycles. The maximum Gasteiger partial charge on any atom is 0.344 e. The van der Waals surface area contributed by atoms with E-state index in [2.05, 4.69) is 22.2 Å². The van der Waals surface area contributed by atoms with Crippen LogP contribution >= 0.6 is 0 Å². The third kappa shape index (κ3) is 5.29. The lowest BCUT2D eigenvalue weighted by molar-refractivity contribution is 0.247. The fourth-order valence-electron chi connectivity index (χ4n) is 1.56. The van der Waals surface area contributed by atoms with E-state index in [1.54, 1.807) is 6.20 Å². The largest absolute Gasteiger partial charge is 0.370 e. The summed E-state index contributed by atoms with van der Waals surface area (Å²) < 4.78 is 0. The van der Waals surface area contributed by atoms with Gasteiger partial charge in [0.05, 0.1) is 0 Å². The van der Waals surface area contributed by atoms with Crippen LogP contribution in [0.5, 0.6) is 0 Å². The van der Waals surface area contributed by atoms with Crippen LogP contribution in [0.25, 0.3) is 0 Å². The number of guanidine groups is 1. The molecule has 1 heterocycles. The highest BCUT2D eigenvalue weighted by Gasteiger charge is 2.09. The molecule has 2 amide bonds. The molecule has 0 saturated heterocycles. The van der Waals surface area contributed by atoms with Gasteiger partial charge in [-0.05, 0) is 24.5 Å². The fraction of sp³-hybridized carbons (Fsp3) is 0.417. The molecule has 6 heteroatoms. The Morgan fingerprint density at radius 1 is 1.50 bits per heavy atom. The van der Waals surface area contributed by atoms with Gasteiger partial charge < -0.3 is 16.8 Å². The average Bonchev–Trinajstić information content (AvgIpc) is 2.35. The van der Waals surface area contributed by atoms with Crippen molar-refractivity contribution < 1.29 is 4.79 Å². The Hall–Kier alpha value is -2.11. The van der Waals surface area contributed by atoms with Crippen molar-refractivity contribution in [2.75, 3.05) is 6.54 Å². The number of pyridine rings is 1. The molecule has 1 aromatic heterocycles. The van der Waals surface area contributed by atoms with Crippen molar-refractivity contribution in [3.05, 3.63) is 30.1 Å². The smallest absolute Gasteiger partial charge is 0.344 e. The summed E-state index contributed by atoms with van der Waals surface area (Å²) in [5, 5.41) is 2.67. The predicted octanol–water partition coefficient (Wildman–Crippen LogP) is 0.633. The van der Waals surface area contributed by atoms with E-state index in [1.807, 2.05) is 18.2 Å². The minimum atomic E-state index is -0.505. The first-order valence-corrected chi connectivity index (χ1v) is 5.89. The zero-order chi connectivity index (χ0) is 13.4. The lowest BCUT2D eigenvalue weighted by Crippen LogP contribution is -2.32. The van der Waals surface area contributed by atoms with Crippen molar-refractivity contribution in [1.82, 2.24) is 10.3 Å². The van der Waals surface area contributed by atoms with E-state index in [0.717, 1.165) is 18.5 Å². The summed E-state index contributed by atoms with van der Waals surface area (Å²) in [4.78, 5) is 18.9. The third-order valence-corrected chi connectivity index (χ3v) is 2.57. The molecule has 0 radical (unpaired) electrons. The lowest BCUT2D eigenvalue weighted by Gasteiger charge is -2.14. The quantitative estimate of drug-likeness (QED) is 0.525. The highest BCUT2D eigenvalue weighted by atomic mass is 16.2. The van der Waals surface area contributed by atoms with E-state index < -0.39 is 6.03 Å². The van der Waals surface area contributed by atoms with Crippen LogP contribution in [0, 0.1) is 5.92 Å². The topological polar surface area (TPSA) is 106 Å². The number of hydrogen-bond acceptors (Lipinski definition) is 2. The second-order valence-electron chi connectivity index (χ2n) is 4.02. The number of rotatable bonds is 5. The normalized spacial score (nSPS) is 11.6. The van der Waals surface area contributed by atoms with Gasteiger partial charge in [-0.25, -0.2) is 4.79 Å². The van der Waals surface area contributed by atoms with Gasteiger partial charge in [-0.1, -0.05) is 19.4 Å². The van der Waals surface area contributed by atoms with Gasteiger partial charge in [-0.3, -0.25) is 4.98 Å². The van der Waals surface area contributed by atoms with Gasteiger partial charge in [0, 0.05) is 18.4 Å². The SMILES string of the molecule is CCC(CNC(=O)N=C(N)N)Cc1ccccn1. The molecule has 0 aliphatic rings. The van der Waals surface area contributed by atoms with Gasteiger partial charge >= 0.3 is 6.03 Å². The zero-order valence-electron chi connectivity index (χ0n) is 10.5. The van der Waals surface area contributed by atoms with Crippen molar-refractivity contribution in [3.8, 4) is 0 Å². The Bertz CT molecular complexity index is 400. The first-order chi connectivity index (χ1) is 8.61. The number of carbonyl (C=O) groups is 1. The van der Waals surface area contributed by atoms with Crippen LogP contribution in [0.4, 0.5) is 4.79 Å². The lowest BCUT2D eigenvalue weighted by atomic mass is 10.00. The molecule has 1 unspecified atom stereocenters. The van der Waals surface area contributed by atoms with Crippen molar-refractivity contribution in [3.63, 3.8) is 0 Å². The van der Waals surface area contributed by atoms with Gasteiger partial charge in [0.15, 0.2) is 5.96 Å². The van der Waals surface area contributed by atoms with Crippen LogP contribution in [-0.4, -0.2) is 23.5 Å². The number of aliphatic imine (C=N–C) groups is 1. The molecular formula is C12H19N5O. The number of aromatic nitrogens is 1. The Labute approximate surface area is 106 Å². The van der Waals surface area contributed by atoms with Crippen molar-refractivity contribution in [1.29, 1.82) is 0 Å². The zero-order valence-corrected chi connectivity index (χ0v) is 10.5. The molecule has 0 aliphatic heterocycles. The molecule has 18 heavy (non-hydrogen) atoms. The van der Waals surface area contributed by atoms with Gasteiger partial charge in [0.25, 0.3) is 0 Å². The minimum Gasteiger partial charge on any atom is -0.370 e. The van der Waals surface area contributed by atoms with Crippen LogP contribution in [0.3, 0.4) is 0 Å². The molecule has 1 rings (SSSR count). The molecule has 0 fully saturated rings. The second-order valence-corrected chi connectivity index (χ2v) is 4.02. The van der Waals surface area contributed by atoms with E-state index in [1.165, 1.54) is 0 Å². The van der Waals surface area contributed by atoms with Gasteiger partial charge in [0.1, 0.15) is 0 Å². The molecule has 0 aliphatic carbocycles. The van der Waals surface area contributed by atoms with Gasteiger partial charge in [-0.2, -0.15) is 4.99 Å². The number of urea groups is 1. The molecule has 6 nitrogen and oxygen atoms in total. The summed E-state index contributed by atoms with van der Waals surface area (Å²) in [5.74, 6) is 0.0864. The van der Waals surface area contributed by atoms with Crippen LogP contribution in [0.1, 0.15) is 19.0 Å². The molecule has 1 aromatic rings. The van der Waals surface area contributed by atoms with E-state index in [9.17, 15) is 4.79 Å². The molecule has 98 valence electrons. The molecular weight excluding hydrogens is 230 g/mol. The number of nitrogens with one attached hydrogen (secondary N) is 1.